The van der Waals surface area contributed by atoms with Gasteiger partial charge in [-0.3, -0.25) is 0 Å². The van der Waals surface area contributed by atoms with Crippen LogP contribution >= 0.6 is 0 Å². The summed E-state index contributed by atoms with van der Waals surface area (Å²) in [6.45, 7) is 0. The van der Waals surface area contributed by atoms with Crippen molar-refractivity contribution in [2.45, 2.75) is 0 Å². The molecule has 2 rings (SSSR count). The molecule has 1 N–H and O–H groups in total. The number of hydrogen-bond donors (Lipinski definition) is 1. The largest absolute Gasteiger partial charge is 0.478 e. The summed E-state index contributed by atoms with van der Waals surface area (Å²) < 4.78 is 0. The fraction of sp³-hybridized carbons (Fsp3) is 0. The summed E-state index contributed by atoms with van der Waals surface area (Å²) >= 11 is 0. The van der Waals surface area contributed by atoms with Crippen LogP contribution in [0.5, 0.6) is 0 Å². The topological polar surface area (TPSA) is 84.9 Å². The molecule has 0 fully saturated rings. The van der Waals surface area contributed by atoms with E-state index in [1.54, 1.807) is 24.3 Å². The zero-order valence-electron chi connectivity index (χ0n) is 8.64. The van der Waals surface area contributed by atoms with Gasteiger partial charge in [0.05, 0.1) is 28.8 Å². The summed E-state index contributed by atoms with van der Waals surface area (Å²) in [5.74, 6) is -1.14. The molecular formula is C13H6N2O2. The van der Waals surface area contributed by atoms with Gasteiger partial charge in [-0.25, -0.2) is 4.79 Å². The predicted molar refractivity (Wildman–Crippen MR) is 60.3 cm³/mol. The first-order chi connectivity index (χ1) is 8.17. The zero-order valence-corrected chi connectivity index (χ0v) is 8.64. The predicted octanol–water partition coefficient (Wildman–Crippen LogP) is 2.28. The second-order valence-corrected chi connectivity index (χ2v) is 3.46. The third-order valence-corrected chi connectivity index (χ3v) is 2.46. The minimum Gasteiger partial charge on any atom is -0.478 e. The van der Waals surface area contributed by atoms with Crippen molar-refractivity contribution in [3.8, 4) is 12.1 Å². The highest BCUT2D eigenvalue weighted by molar-refractivity contribution is 6.06. The molecule has 4 nitrogen and oxygen atoms in total. The van der Waals surface area contributed by atoms with Gasteiger partial charge in [0.2, 0.25) is 0 Å². The van der Waals surface area contributed by atoms with E-state index in [9.17, 15) is 4.79 Å². The molecule has 80 valence electrons. The molecule has 0 aliphatic carbocycles. The zero-order chi connectivity index (χ0) is 12.4. The number of aromatic carboxylic acids is 1. The molecule has 4 heteroatoms. The Balaban J connectivity index is 2.99. The average molecular weight is 222 g/mol. The number of carboxylic acid groups (broad SMARTS) is 1. The first kappa shape index (κ1) is 10.7. The Hall–Kier alpha value is -2.85. The number of nitrogens with zero attached hydrogens (tertiary/aromatic N) is 2. The molecule has 0 bridgehead atoms. The maximum Gasteiger partial charge on any atom is 0.336 e. The number of hydrogen-bond acceptors (Lipinski definition) is 3. The highest BCUT2D eigenvalue weighted by atomic mass is 16.4. The fourth-order valence-corrected chi connectivity index (χ4v) is 1.75. The lowest BCUT2D eigenvalue weighted by Gasteiger charge is -2.05. The SMILES string of the molecule is N#Cc1cc(C(=O)O)c2c(C#N)cccc2c1. The lowest BCUT2D eigenvalue weighted by molar-refractivity contribution is 0.0699. The third-order valence-electron chi connectivity index (χ3n) is 2.46. The molecule has 0 atom stereocenters. The molecule has 17 heavy (non-hydrogen) atoms. The fourth-order valence-electron chi connectivity index (χ4n) is 1.75. The van der Waals surface area contributed by atoms with Gasteiger partial charge in [-0.2, -0.15) is 10.5 Å². The van der Waals surface area contributed by atoms with Crippen molar-refractivity contribution in [1.82, 2.24) is 0 Å². The van der Waals surface area contributed by atoms with Crippen LogP contribution < -0.4 is 0 Å². The van der Waals surface area contributed by atoms with Gasteiger partial charge in [0.15, 0.2) is 0 Å². The minimum absolute atomic E-state index is 0.0174. The lowest BCUT2D eigenvalue weighted by atomic mass is 9.97. The number of nitriles is 2. The van der Waals surface area contributed by atoms with Crippen LogP contribution in [-0.2, 0) is 0 Å². The van der Waals surface area contributed by atoms with Gasteiger partial charge in [0.1, 0.15) is 0 Å². The van der Waals surface area contributed by atoms with Crippen LogP contribution in [0.15, 0.2) is 30.3 Å². The van der Waals surface area contributed by atoms with Gasteiger partial charge in [0, 0.05) is 5.39 Å². The number of carbonyl (C=O) groups is 1. The van der Waals surface area contributed by atoms with Crippen LogP contribution in [0.25, 0.3) is 10.8 Å². The molecule has 2 aromatic carbocycles. The standard InChI is InChI=1S/C13H6N2O2/c14-6-8-4-9-2-1-3-10(7-15)12(9)11(5-8)13(16)17/h1-5H,(H,16,17). The summed E-state index contributed by atoms with van der Waals surface area (Å²) in [5, 5.41) is 27.8. The van der Waals surface area contributed by atoms with E-state index in [-0.39, 0.29) is 11.1 Å². The van der Waals surface area contributed by atoms with Crippen molar-refractivity contribution in [2.75, 3.05) is 0 Å². The molecular weight excluding hydrogens is 216 g/mol. The summed E-state index contributed by atoms with van der Waals surface area (Å²) in [7, 11) is 0. The highest BCUT2D eigenvalue weighted by Gasteiger charge is 2.13. The van der Waals surface area contributed by atoms with Crippen LogP contribution in [0, 0.1) is 22.7 Å². The van der Waals surface area contributed by atoms with Gasteiger partial charge < -0.3 is 5.11 Å². The Labute approximate surface area is 96.9 Å². The van der Waals surface area contributed by atoms with Gasteiger partial charge in [-0.1, -0.05) is 12.1 Å². The van der Waals surface area contributed by atoms with Crippen molar-refractivity contribution in [3.63, 3.8) is 0 Å². The molecule has 0 heterocycles. The summed E-state index contributed by atoms with van der Waals surface area (Å²) in [4.78, 5) is 11.1. The van der Waals surface area contributed by atoms with Crippen molar-refractivity contribution in [2.24, 2.45) is 0 Å². The quantitative estimate of drug-likeness (QED) is 0.802. The number of fused-ring (bicyclic) bond motifs is 1. The Morgan fingerprint density at radius 3 is 2.53 bits per heavy atom. The van der Waals surface area contributed by atoms with Crippen LogP contribution in [0.3, 0.4) is 0 Å². The highest BCUT2D eigenvalue weighted by Crippen LogP contribution is 2.24. The molecule has 0 aliphatic heterocycles. The van der Waals surface area contributed by atoms with E-state index in [0.717, 1.165) is 0 Å². The Kier molecular flexibility index (Phi) is 2.48. The molecule has 0 aromatic heterocycles. The second kappa shape index (κ2) is 3.96. The molecule has 0 saturated carbocycles. The first-order valence-corrected chi connectivity index (χ1v) is 4.77. The Morgan fingerprint density at radius 1 is 1.18 bits per heavy atom. The van der Waals surface area contributed by atoms with Crippen molar-refractivity contribution in [3.05, 3.63) is 47.0 Å². The van der Waals surface area contributed by atoms with E-state index in [2.05, 4.69) is 0 Å². The van der Waals surface area contributed by atoms with Crippen LogP contribution in [0.2, 0.25) is 0 Å². The number of rotatable bonds is 1. The van der Waals surface area contributed by atoms with E-state index in [1.807, 2.05) is 12.1 Å². The molecule has 0 spiro atoms. The maximum atomic E-state index is 11.1. The third kappa shape index (κ3) is 1.68. The van der Waals surface area contributed by atoms with Crippen LogP contribution in [0.4, 0.5) is 0 Å². The summed E-state index contributed by atoms with van der Waals surface area (Å²) in [6, 6.07) is 11.6. The van der Waals surface area contributed by atoms with Gasteiger partial charge in [-0.05, 0) is 23.6 Å². The monoisotopic (exact) mass is 222 g/mol. The van der Waals surface area contributed by atoms with Crippen molar-refractivity contribution >= 4 is 16.7 Å². The van der Waals surface area contributed by atoms with Crippen molar-refractivity contribution < 1.29 is 9.90 Å². The minimum atomic E-state index is -1.14. The molecule has 0 unspecified atom stereocenters. The second-order valence-electron chi connectivity index (χ2n) is 3.46. The van der Waals surface area contributed by atoms with E-state index < -0.39 is 5.97 Å². The molecule has 0 saturated heterocycles. The first-order valence-electron chi connectivity index (χ1n) is 4.77. The summed E-state index contributed by atoms with van der Waals surface area (Å²) in [5.41, 5.74) is 0.547. The average Bonchev–Trinajstić information content (AvgIpc) is 2.36. The van der Waals surface area contributed by atoms with E-state index >= 15 is 0 Å². The maximum absolute atomic E-state index is 11.1. The molecule has 0 aliphatic rings. The summed E-state index contributed by atoms with van der Waals surface area (Å²) in [6.07, 6.45) is 0. The Morgan fingerprint density at radius 2 is 1.94 bits per heavy atom. The van der Waals surface area contributed by atoms with Crippen LogP contribution in [-0.4, -0.2) is 11.1 Å². The van der Waals surface area contributed by atoms with E-state index in [1.165, 1.54) is 6.07 Å². The molecule has 0 radical (unpaired) electrons. The van der Waals surface area contributed by atoms with Crippen molar-refractivity contribution in [1.29, 1.82) is 10.5 Å². The van der Waals surface area contributed by atoms with Crippen LogP contribution in [0.1, 0.15) is 21.5 Å². The molecule has 2 aromatic rings. The van der Waals surface area contributed by atoms with Gasteiger partial charge in [0.25, 0.3) is 0 Å². The number of benzene rings is 2. The van der Waals surface area contributed by atoms with E-state index in [0.29, 0.717) is 16.3 Å². The Bertz CT molecular complexity index is 706. The smallest absolute Gasteiger partial charge is 0.336 e. The number of carboxylic acids is 1. The van der Waals surface area contributed by atoms with Gasteiger partial charge in [-0.15, -0.1) is 0 Å². The lowest BCUT2D eigenvalue weighted by Crippen LogP contribution is -2.00. The van der Waals surface area contributed by atoms with Gasteiger partial charge >= 0.3 is 5.97 Å². The van der Waals surface area contributed by atoms with E-state index in [4.69, 9.17) is 15.6 Å². The molecule has 0 amide bonds. The normalized spacial score (nSPS) is 9.53.